The maximum absolute atomic E-state index is 5.08. The summed E-state index contributed by atoms with van der Waals surface area (Å²) in [6.45, 7) is 0.360. The summed E-state index contributed by atoms with van der Waals surface area (Å²) in [5.41, 5.74) is 0. The van der Waals surface area contributed by atoms with Crippen LogP contribution in [-0.2, 0) is 0 Å². The summed E-state index contributed by atoms with van der Waals surface area (Å²) in [5, 5.41) is 0. The van der Waals surface area contributed by atoms with Crippen molar-refractivity contribution >= 4 is 0 Å². The smallest absolute Gasteiger partial charge is 0.231 e. The molecule has 1 aromatic rings. The van der Waals surface area contributed by atoms with Gasteiger partial charge in [-0.05, 0) is 12.1 Å². The summed E-state index contributed by atoms with van der Waals surface area (Å²) in [6.07, 6.45) is 0. The third-order valence-electron chi connectivity index (χ3n) is 1.28. The Balaban J connectivity index is 0.000000378. The van der Waals surface area contributed by atoms with Gasteiger partial charge >= 0.3 is 0 Å². The molecular formula is C7H12N2O3. The van der Waals surface area contributed by atoms with Crippen LogP contribution in [0.25, 0.3) is 0 Å². The van der Waals surface area contributed by atoms with Crippen LogP contribution in [-0.4, -0.2) is 12.3 Å². The van der Waals surface area contributed by atoms with Gasteiger partial charge in [0.15, 0.2) is 11.5 Å². The highest BCUT2D eigenvalue weighted by Gasteiger charge is 2.09. The molecule has 68 valence electrons. The summed E-state index contributed by atoms with van der Waals surface area (Å²) >= 11 is 0. The average Bonchev–Trinajstić information content (AvgIpc) is 2.55. The minimum atomic E-state index is 0. The van der Waals surface area contributed by atoms with Crippen molar-refractivity contribution < 1.29 is 14.9 Å². The lowest BCUT2D eigenvalue weighted by Crippen LogP contribution is -2.02. The van der Waals surface area contributed by atoms with Gasteiger partial charge in [0.2, 0.25) is 6.79 Å². The predicted octanol–water partition coefficient (Wildman–Crippen LogP) is -0.591. The van der Waals surface area contributed by atoms with E-state index in [1.165, 1.54) is 0 Å². The van der Waals surface area contributed by atoms with Crippen LogP contribution in [0, 0.1) is 0 Å². The van der Waals surface area contributed by atoms with E-state index in [0.717, 1.165) is 11.5 Å². The van der Waals surface area contributed by atoms with E-state index in [0.29, 0.717) is 6.79 Å². The zero-order chi connectivity index (χ0) is 8.10. The first-order valence-corrected chi connectivity index (χ1v) is 3.15. The number of para-hydroxylation sites is 2. The van der Waals surface area contributed by atoms with Crippen molar-refractivity contribution in [3.05, 3.63) is 24.3 Å². The second-order valence-electron chi connectivity index (χ2n) is 1.85. The van der Waals surface area contributed by atoms with Crippen LogP contribution in [0.1, 0.15) is 0 Å². The lowest BCUT2D eigenvalue weighted by Gasteiger charge is -1.89. The van der Waals surface area contributed by atoms with E-state index in [1.807, 2.05) is 24.3 Å². The first-order valence-electron chi connectivity index (χ1n) is 3.15. The Morgan fingerprint density at radius 2 is 1.42 bits per heavy atom. The Kier molecular flexibility index (Phi) is 4.78. The molecule has 0 saturated heterocycles. The maximum atomic E-state index is 5.08. The van der Waals surface area contributed by atoms with Crippen LogP contribution < -0.4 is 21.2 Å². The lowest BCUT2D eigenvalue weighted by molar-refractivity contribution is 0.174. The van der Waals surface area contributed by atoms with E-state index in [4.69, 9.17) is 9.47 Å². The number of nitrogens with two attached hydrogens (primary N) is 2. The predicted molar refractivity (Wildman–Crippen MR) is 44.6 cm³/mol. The maximum Gasteiger partial charge on any atom is 0.231 e. The molecule has 0 spiro atoms. The summed E-state index contributed by atoms with van der Waals surface area (Å²) in [6, 6.07) is 7.63. The Labute approximate surface area is 70.2 Å². The fourth-order valence-electron chi connectivity index (χ4n) is 0.845. The molecule has 0 fully saturated rings. The van der Waals surface area contributed by atoms with Crippen molar-refractivity contribution in [1.29, 1.82) is 0 Å². The highest BCUT2D eigenvalue weighted by atomic mass is 16.7. The van der Waals surface area contributed by atoms with Gasteiger partial charge in [-0.1, -0.05) is 12.1 Å². The molecule has 0 radical (unpaired) electrons. The van der Waals surface area contributed by atoms with E-state index in [9.17, 15) is 0 Å². The summed E-state index contributed by atoms with van der Waals surface area (Å²) in [5.74, 6) is 9.69. The first kappa shape index (κ1) is 10.7. The summed E-state index contributed by atoms with van der Waals surface area (Å²) in [7, 11) is 0. The van der Waals surface area contributed by atoms with Crippen molar-refractivity contribution in [2.45, 2.75) is 0 Å². The molecule has 2 rings (SSSR count). The van der Waals surface area contributed by atoms with Crippen molar-refractivity contribution in [3.63, 3.8) is 0 Å². The molecule has 0 amide bonds. The third-order valence-corrected chi connectivity index (χ3v) is 1.28. The number of hydrazine groups is 1. The van der Waals surface area contributed by atoms with Crippen LogP contribution >= 0.6 is 0 Å². The van der Waals surface area contributed by atoms with Crippen molar-refractivity contribution in [2.75, 3.05) is 6.79 Å². The van der Waals surface area contributed by atoms with Gasteiger partial charge in [-0.2, -0.15) is 0 Å². The van der Waals surface area contributed by atoms with Gasteiger partial charge in [0.25, 0.3) is 0 Å². The van der Waals surface area contributed by atoms with Gasteiger partial charge in [0.05, 0.1) is 0 Å². The molecule has 12 heavy (non-hydrogen) atoms. The normalized spacial score (nSPS) is 10.8. The van der Waals surface area contributed by atoms with Crippen LogP contribution in [0.2, 0.25) is 0 Å². The number of benzene rings is 1. The summed E-state index contributed by atoms with van der Waals surface area (Å²) in [4.78, 5) is 0. The SMILES string of the molecule is NN.O.c1ccc2c(c1)OCO2. The molecular weight excluding hydrogens is 160 g/mol. The van der Waals surface area contributed by atoms with Gasteiger partial charge < -0.3 is 14.9 Å². The fourth-order valence-corrected chi connectivity index (χ4v) is 0.845. The Morgan fingerprint density at radius 3 is 1.83 bits per heavy atom. The number of hydrogen-bond donors (Lipinski definition) is 2. The quantitative estimate of drug-likeness (QED) is 0.403. The molecule has 1 heterocycles. The monoisotopic (exact) mass is 172 g/mol. The van der Waals surface area contributed by atoms with E-state index in [1.54, 1.807) is 0 Å². The highest BCUT2D eigenvalue weighted by Crippen LogP contribution is 2.30. The number of fused-ring (bicyclic) bond motifs is 1. The number of hydrogen-bond acceptors (Lipinski definition) is 4. The second-order valence-corrected chi connectivity index (χ2v) is 1.85. The van der Waals surface area contributed by atoms with Gasteiger partial charge in [0, 0.05) is 0 Å². The van der Waals surface area contributed by atoms with E-state index in [2.05, 4.69) is 11.7 Å². The van der Waals surface area contributed by atoms with E-state index < -0.39 is 0 Å². The molecule has 1 aromatic carbocycles. The fraction of sp³-hybridized carbons (Fsp3) is 0.143. The van der Waals surface area contributed by atoms with Crippen molar-refractivity contribution in [3.8, 4) is 11.5 Å². The average molecular weight is 172 g/mol. The zero-order valence-corrected chi connectivity index (χ0v) is 6.49. The topological polar surface area (TPSA) is 102 Å². The highest BCUT2D eigenvalue weighted by molar-refractivity contribution is 5.40. The second kappa shape index (κ2) is 5.36. The zero-order valence-electron chi connectivity index (χ0n) is 6.49. The lowest BCUT2D eigenvalue weighted by atomic mass is 10.3. The molecule has 0 bridgehead atoms. The Hall–Kier alpha value is -1.30. The standard InChI is InChI=1S/C7H6O2.H4N2.H2O/c1-2-4-7-6(3-1)8-5-9-7;1-2;/h1-4H,5H2;1-2H2;1H2. The Morgan fingerprint density at radius 1 is 1.00 bits per heavy atom. The molecule has 0 unspecified atom stereocenters. The van der Waals surface area contributed by atoms with Crippen LogP contribution in [0.15, 0.2) is 24.3 Å². The third kappa shape index (κ3) is 2.09. The van der Waals surface area contributed by atoms with Crippen LogP contribution in [0.4, 0.5) is 0 Å². The van der Waals surface area contributed by atoms with Crippen LogP contribution in [0.3, 0.4) is 0 Å². The summed E-state index contributed by atoms with van der Waals surface area (Å²) < 4.78 is 10.2. The molecule has 1 aliphatic heterocycles. The van der Waals surface area contributed by atoms with Gasteiger partial charge in [-0.25, -0.2) is 0 Å². The largest absolute Gasteiger partial charge is 0.454 e. The molecule has 1 aliphatic rings. The van der Waals surface area contributed by atoms with E-state index >= 15 is 0 Å². The van der Waals surface area contributed by atoms with Gasteiger partial charge in [0.1, 0.15) is 0 Å². The molecule has 0 atom stereocenters. The minimum Gasteiger partial charge on any atom is -0.454 e. The molecule has 0 aliphatic carbocycles. The molecule has 0 aromatic heterocycles. The minimum absolute atomic E-state index is 0. The molecule has 0 saturated carbocycles. The van der Waals surface area contributed by atoms with Crippen molar-refractivity contribution in [2.24, 2.45) is 11.7 Å². The van der Waals surface area contributed by atoms with Crippen molar-refractivity contribution in [1.82, 2.24) is 0 Å². The molecule has 6 N–H and O–H groups in total. The van der Waals surface area contributed by atoms with Crippen LogP contribution in [0.5, 0.6) is 11.5 Å². The first-order chi connectivity index (χ1) is 5.47. The van der Waals surface area contributed by atoms with Gasteiger partial charge in [-0.3, -0.25) is 11.7 Å². The number of rotatable bonds is 0. The van der Waals surface area contributed by atoms with Gasteiger partial charge in [-0.15, -0.1) is 0 Å². The Bertz CT molecular complexity index is 207. The van der Waals surface area contributed by atoms with E-state index in [-0.39, 0.29) is 5.48 Å². The molecule has 5 heteroatoms. The number of ether oxygens (including phenoxy) is 2. The molecule has 5 nitrogen and oxygen atoms in total.